The van der Waals surface area contributed by atoms with E-state index in [1.807, 2.05) is 31.2 Å². The van der Waals surface area contributed by atoms with Gasteiger partial charge in [-0.1, -0.05) is 25.0 Å². The van der Waals surface area contributed by atoms with Crippen LogP contribution in [0.4, 0.5) is 0 Å². The Morgan fingerprint density at radius 3 is 2.70 bits per heavy atom. The standard InChI is InChI=1S/C19H30N2O2/c1-16-9-7-10-18(15-16)23-17(2)19(22)20-11-8-14-21-12-5-3-4-6-13-21/h7,9-10,15,17H,3-6,8,11-14H2,1-2H3,(H,20,22)/t17-/m0/s1. The lowest BCUT2D eigenvalue weighted by atomic mass is 10.2. The summed E-state index contributed by atoms with van der Waals surface area (Å²) in [5.41, 5.74) is 1.13. The molecule has 1 atom stereocenters. The molecule has 2 rings (SSSR count). The van der Waals surface area contributed by atoms with Crippen molar-refractivity contribution in [1.29, 1.82) is 0 Å². The lowest BCUT2D eigenvalue weighted by molar-refractivity contribution is -0.127. The summed E-state index contributed by atoms with van der Waals surface area (Å²) in [5, 5.41) is 2.98. The average molecular weight is 318 g/mol. The Bertz CT molecular complexity index is 482. The molecule has 1 aromatic rings. The van der Waals surface area contributed by atoms with Crippen molar-refractivity contribution in [2.75, 3.05) is 26.2 Å². The van der Waals surface area contributed by atoms with Crippen LogP contribution in [-0.2, 0) is 4.79 Å². The number of likely N-dealkylation sites (tertiary alicyclic amines) is 1. The van der Waals surface area contributed by atoms with Crippen molar-refractivity contribution in [2.45, 2.75) is 52.1 Å². The number of aryl methyl sites for hydroxylation is 1. The number of amides is 1. The molecule has 4 nitrogen and oxygen atoms in total. The normalized spacial score (nSPS) is 17.3. The van der Waals surface area contributed by atoms with Gasteiger partial charge in [0, 0.05) is 6.54 Å². The lowest BCUT2D eigenvalue weighted by Gasteiger charge is -2.20. The highest BCUT2D eigenvalue weighted by Crippen LogP contribution is 2.14. The van der Waals surface area contributed by atoms with Crippen LogP contribution in [0.15, 0.2) is 24.3 Å². The highest BCUT2D eigenvalue weighted by molar-refractivity contribution is 5.80. The summed E-state index contributed by atoms with van der Waals surface area (Å²) >= 11 is 0. The van der Waals surface area contributed by atoms with Gasteiger partial charge in [0.1, 0.15) is 5.75 Å². The SMILES string of the molecule is Cc1cccc(O[C@@H](C)C(=O)NCCCN2CCCCCC2)c1. The highest BCUT2D eigenvalue weighted by Gasteiger charge is 2.14. The van der Waals surface area contributed by atoms with Gasteiger partial charge in [-0.2, -0.15) is 0 Å². The first-order chi connectivity index (χ1) is 11.1. The summed E-state index contributed by atoms with van der Waals surface area (Å²) in [6, 6.07) is 7.79. The third-order valence-corrected chi connectivity index (χ3v) is 4.32. The Hall–Kier alpha value is -1.55. The van der Waals surface area contributed by atoms with E-state index in [1.54, 1.807) is 6.92 Å². The van der Waals surface area contributed by atoms with Crippen molar-refractivity contribution < 1.29 is 9.53 Å². The molecule has 0 saturated carbocycles. The second-order valence-corrected chi connectivity index (χ2v) is 6.48. The fourth-order valence-electron chi connectivity index (χ4n) is 2.96. The van der Waals surface area contributed by atoms with Crippen molar-refractivity contribution in [2.24, 2.45) is 0 Å². The molecule has 1 heterocycles. The Morgan fingerprint density at radius 1 is 1.26 bits per heavy atom. The number of benzene rings is 1. The van der Waals surface area contributed by atoms with E-state index in [0.29, 0.717) is 0 Å². The maximum absolute atomic E-state index is 12.1. The molecule has 0 spiro atoms. The van der Waals surface area contributed by atoms with Gasteiger partial charge < -0.3 is 15.0 Å². The zero-order chi connectivity index (χ0) is 16.5. The maximum Gasteiger partial charge on any atom is 0.260 e. The lowest BCUT2D eigenvalue weighted by Crippen LogP contribution is -2.38. The molecular formula is C19H30N2O2. The molecule has 4 heteroatoms. The molecule has 1 saturated heterocycles. The molecule has 1 fully saturated rings. The zero-order valence-corrected chi connectivity index (χ0v) is 14.5. The molecule has 0 unspecified atom stereocenters. The van der Waals surface area contributed by atoms with E-state index < -0.39 is 6.10 Å². The molecular weight excluding hydrogens is 288 g/mol. The van der Waals surface area contributed by atoms with Crippen LogP contribution in [0.3, 0.4) is 0 Å². The average Bonchev–Trinajstić information content (AvgIpc) is 2.80. The molecule has 1 aliphatic heterocycles. The molecule has 1 amide bonds. The Balaban J connectivity index is 1.63. The van der Waals surface area contributed by atoms with E-state index in [2.05, 4.69) is 10.2 Å². The fraction of sp³-hybridized carbons (Fsp3) is 0.632. The number of hydrogen-bond donors (Lipinski definition) is 1. The van der Waals surface area contributed by atoms with E-state index >= 15 is 0 Å². The van der Waals surface area contributed by atoms with Gasteiger partial charge in [-0.05, 0) is 70.4 Å². The smallest absolute Gasteiger partial charge is 0.260 e. The number of ether oxygens (including phenoxy) is 1. The predicted molar refractivity (Wildman–Crippen MR) is 93.8 cm³/mol. The van der Waals surface area contributed by atoms with Gasteiger partial charge in [0.25, 0.3) is 5.91 Å². The second-order valence-electron chi connectivity index (χ2n) is 6.48. The quantitative estimate of drug-likeness (QED) is 0.785. The summed E-state index contributed by atoms with van der Waals surface area (Å²) in [6.45, 7) is 8.03. The van der Waals surface area contributed by atoms with E-state index in [-0.39, 0.29) is 5.91 Å². The fourth-order valence-corrected chi connectivity index (χ4v) is 2.96. The Kier molecular flexibility index (Phi) is 7.40. The number of hydrogen-bond acceptors (Lipinski definition) is 3. The van der Waals surface area contributed by atoms with Crippen LogP contribution in [0.2, 0.25) is 0 Å². The molecule has 1 aliphatic rings. The molecule has 1 N–H and O–H groups in total. The third-order valence-electron chi connectivity index (χ3n) is 4.32. The van der Waals surface area contributed by atoms with Crippen LogP contribution < -0.4 is 10.1 Å². The number of nitrogens with zero attached hydrogens (tertiary/aromatic N) is 1. The number of nitrogens with one attached hydrogen (secondary N) is 1. The van der Waals surface area contributed by atoms with Crippen LogP contribution in [0.25, 0.3) is 0 Å². The van der Waals surface area contributed by atoms with Crippen molar-refractivity contribution in [3.05, 3.63) is 29.8 Å². The molecule has 23 heavy (non-hydrogen) atoms. The summed E-state index contributed by atoms with van der Waals surface area (Å²) in [7, 11) is 0. The summed E-state index contributed by atoms with van der Waals surface area (Å²) < 4.78 is 5.70. The molecule has 128 valence electrons. The van der Waals surface area contributed by atoms with Gasteiger partial charge in [-0.3, -0.25) is 4.79 Å². The van der Waals surface area contributed by atoms with Crippen LogP contribution in [0.5, 0.6) is 5.75 Å². The maximum atomic E-state index is 12.1. The number of carbonyl (C=O) groups is 1. The zero-order valence-electron chi connectivity index (χ0n) is 14.5. The topological polar surface area (TPSA) is 41.6 Å². The first-order valence-corrected chi connectivity index (χ1v) is 8.88. The molecule has 1 aromatic carbocycles. The first kappa shape index (κ1) is 17.8. The van der Waals surface area contributed by atoms with Crippen molar-refractivity contribution >= 4 is 5.91 Å². The van der Waals surface area contributed by atoms with E-state index in [9.17, 15) is 4.79 Å². The van der Waals surface area contributed by atoms with Crippen molar-refractivity contribution in [1.82, 2.24) is 10.2 Å². The molecule has 0 bridgehead atoms. The van der Waals surface area contributed by atoms with E-state index in [1.165, 1.54) is 38.8 Å². The molecule has 0 aliphatic carbocycles. The van der Waals surface area contributed by atoms with Crippen LogP contribution in [0, 0.1) is 6.92 Å². The molecule has 0 aromatic heterocycles. The van der Waals surface area contributed by atoms with Crippen LogP contribution in [0.1, 0.15) is 44.6 Å². The van der Waals surface area contributed by atoms with Gasteiger partial charge in [0.05, 0.1) is 0 Å². The second kappa shape index (κ2) is 9.56. The predicted octanol–water partition coefficient (Wildman–Crippen LogP) is 3.14. The summed E-state index contributed by atoms with van der Waals surface area (Å²) in [4.78, 5) is 14.6. The minimum atomic E-state index is -0.463. The summed E-state index contributed by atoms with van der Waals surface area (Å²) in [6.07, 6.45) is 5.89. The van der Waals surface area contributed by atoms with Crippen molar-refractivity contribution in [3.8, 4) is 5.75 Å². The monoisotopic (exact) mass is 318 g/mol. The van der Waals surface area contributed by atoms with Gasteiger partial charge in [-0.25, -0.2) is 0 Å². The Labute approximate surface area is 140 Å². The summed E-state index contributed by atoms with van der Waals surface area (Å²) in [5.74, 6) is 0.708. The van der Waals surface area contributed by atoms with Crippen LogP contribution in [-0.4, -0.2) is 43.1 Å². The minimum Gasteiger partial charge on any atom is -0.481 e. The molecule has 0 radical (unpaired) electrons. The largest absolute Gasteiger partial charge is 0.481 e. The van der Waals surface area contributed by atoms with E-state index in [0.717, 1.165) is 30.8 Å². The van der Waals surface area contributed by atoms with Gasteiger partial charge >= 0.3 is 0 Å². The number of carbonyl (C=O) groups excluding carboxylic acids is 1. The van der Waals surface area contributed by atoms with Crippen molar-refractivity contribution in [3.63, 3.8) is 0 Å². The van der Waals surface area contributed by atoms with Gasteiger partial charge in [0.2, 0.25) is 0 Å². The minimum absolute atomic E-state index is 0.0395. The highest BCUT2D eigenvalue weighted by atomic mass is 16.5. The van der Waals surface area contributed by atoms with Gasteiger partial charge in [-0.15, -0.1) is 0 Å². The van der Waals surface area contributed by atoms with Crippen LogP contribution >= 0.6 is 0 Å². The Morgan fingerprint density at radius 2 is 2.00 bits per heavy atom. The third kappa shape index (κ3) is 6.61. The first-order valence-electron chi connectivity index (χ1n) is 8.88. The number of rotatable bonds is 7. The van der Waals surface area contributed by atoms with E-state index in [4.69, 9.17) is 4.74 Å². The van der Waals surface area contributed by atoms with Gasteiger partial charge in [0.15, 0.2) is 6.10 Å².